The summed E-state index contributed by atoms with van der Waals surface area (Å²) in [6.07, 6.45) is 1.65. The van der Waals surface area contributed by atoms with Gasteiger partial charge in [0.25, 0.3) is 5.91 Å². The molecule has 3 aliphatic rings. The van der Waals surface area contributed by atoms with Crippen molar-refractivity contribution in [2.45, 2.75) is 101 Å². The first-order valence-electron chi connectivity index (χ1n) is 17.0. The molecule has 0 bridgehead atoms. The fourth-order valence-corrected chi connectivity index (χ4v) is 7.62. The Kier molecular flexibility index (Phi) is 10.9. The number of hydrogen-bond donors (Lipinski definition) is 3. The zero-order valence-electron chi connectivity index (χ0n) is 29.8. The van der Waals surface area contributed by atoms with Crippen LogP contribution in [-0.4, -0.2) is 103 Å². The van der Waals surface area contributed by atoms with Gasteiger partial charge in [0.2, 0.25) is 27.7 Å². The summed E-state index contributed by atoms with van der Waals surface area (Å²) >= 11 is 0. The number of alkyl carbamates (subject to hydrolysis) is 1. The van der Waals surface area contributed by atoms with Gasteiger partial charge in [0.05, 0.1) is 25.0 Å². The van der Waals surface area contributed by atoms with Crippen LogP contribution in [0.4, 0.5) is 4.79 Å². The minimum absolute atomic E-state index is 0.00913. The molecular weight excluding hydrogens is 682 g/mol. The van der Waals surface area contributed by atoms with Crippen LogP contribution in [0, 0.1) is 5.92 Å². The predicted octanol–water partition coefficient (Wildman–Crippen LogP) is 2.58. The fourth-order valence-electron chi connectivity index (χ4n) is 6.25. The summed E-state index contributed by atoms with van der Waals surface area (Å²) in [6, 6.07) is 4.73. The van der Waals surface area contributed by atoms with E-state index in [2.05, 4.69) is 26.9 Å². The minimum atomic E-state index is -3.91. The summed E-state index contributed by atoms with van der Waals surface area (Å²) in [7, 11) is -2.35. The molecule has 1 saturated heterocycles. The van der Waals surface area contributed by atoms with E-state index >= 15 is 0 Å². The summed E-state index contributed by atoms with van der Waals surface area (Å²) in [5, 5.41) is 6.20. The lowest BCUT2D eigenvalue weighted by atomic mass is 10.1. The lowest BCUT2D eigenvalue weighted by Crippen LogP contribution is -2.60. The second-order valence-electron chi connectivity index (χ2n) is 14.2. The molecule has 0 unspecified atom stereocenters. The van der Waals surface area contributed by atoms with Crippen LogP contribution in [0.25, 0.3) is 10.8 Å². The number of amides is 4. The van der Waals surface area contributed by atoms with E-state index in [4.69, 9.17) is 18.9 Å². The molecule has 0 radical (unpaired) electrons. The van der Waals surface area contributed by atoms with Crippen LogP contribution in [0.5, 0.6) is 11.6 Å². The number of methoxy groups -OCH3 is 1. The second kappa shape index (κ2) is 14.7. The van der Waals surface area contributed by atoms with E-state index < -0.39 is 80.4 Å². The first-order chi connectivity index (χ1) is 24.0. The molecule has 0 spiro atoms. The average molecular weight is 730 g/mol. The largest absolute Gasteiger partial charge is 0.497 e. The summed E-state index contributed by atoms with van der Waals surface area (Å²) in [5.74, 6) is -1.83. The van der Waals surface area contributed by atoms with Gasteiger partial charge in [0, 0.05) is 30.5 Å². The molecule has 2 heterocycles. The Morgan fingerprint density at radius 3 is 2.51 bits per heavy atom. The quantitative estimate of drug-likeness (QED) is 0.242. The molecule has 1 aromatic carbocycles. The number of ether oxygens (including phenoxy) is 4. The third-order valence-corrected chi connectivity index (χ3v) is 11.0. The van der Waals surface area contributed by atoms with Crippen LogP contribution < -0.4 is 24.8 Å². The van der Waals surface area contributed by atoms with Crippen LogP contribution in [0.3, 0.4) is 0 Å². The molecule has 4 amide bonds. The van der Waals surface area contributed by atoms with Crippen molar-refractivity contribution in [1.29, 1.82) is 0 Å². The Hall–Kier alpha value is -4.44. The molecular formula is C35H47N5O10S. The summed E-state index contributed by atoms with van der Waals surface area (Å²) in [4.78, 5) is 60.6. The van der Waals surface area contributed by atoms with E-state index in [9.17, 15) is 27.6 Å². The maximum Gasteiger partial charge on any atom is 0.408 e. The molecule has 278 valence electrons. The number of carbonyl (C=O) groups excluding carboxylic acids is 4. The number of carbonyl (C=O) groups is 4. The molecule has 51 heavy (non-hydrogen) atoms. The molecule has 2 aliphatic carbocycles. The molecule has 5 rings (SSSR count). The highest BCUT2D eigenvalue weighted by Crippen LogP contribution is 2.45. The van der Waals surface area contributed by atoms with Crippen molar-refractivity contribution >= 4 is 44.6 Å². The molecule has 6 atom stereocenters. The van der Waals surface area contributed by atoms with Gasteiger partial charge in [-0.05, 0) is 83.5 Å². The Morgan fingerprint density at radius 1 is 1.18 bits per heavy atom. The Bertz CT molecular complexity index is 1790. The van der Waals surface area contributed by atoms with E-state index in [0.717, 1.165) is 5.39 Å². The zero-order chi connectivity index (χ0) is 37.3. The van der Waals surface area contributed by atoms with Crippen molar-refractivity contribution in [3.8, 4) is 11.6 Å². The van der Waals surface area contributed by atoms with E-state index in [-0.39, 0.29) is 31.9 Å². The number of fused-ring (bicyclic) bond motifs is 1. The third kappa shape index (κ3) is 8.55. The summed E-state index contributed by atoms with van der Waals surface area (Å²) in [5.41, 5.74) is -2.43. The van der Waals surface area contributed by atoms with Gasteiger partial charge in [-0.15, -0.1) is 6.58 Å². The van der Waals surface area contributed by atoms with Gasteiger partial charge in [-0.1, -0.05) is 6.08 Å². The normalized spacial score (nSPS) is 24.2. The fraction of sp³-hybridized carbons (Fsp3) is 0.571. The molecule has 16 heteroatoms. The number of hydrogen-bond acceptors (Lipinski definition) is 11. The highest BCUT2D eigenvalue weighted by molar-refractivity contribution is 7.91. The van der Waals surface area contributed by atoms with Crippen molar-refractivity contribution in [1.82, 2.24) is 25.2 Å². The molecule has 15 nitrogen and oxygen atoms in total. The maximum atomic E-state index is 14.4. The Labute approximate surface area is 297 Å². The number of pyridine rings is 1. The number of likely N-dealkylation sites (tertiary alicyclic amines) is 1. The first-order valence-corrected chi connectivity index (χ1v) is 18.6. The summed E-state index contributed by atoms with van der Waals surface area (Å²) in [6.45, 7) is 12.3. The molecule has 3 N–H and O–H groups in total. The minimum Gasteiger partial charge on any atom is -0.497 e. The van der Waals surface area contributed by atoms with E-state index in [1.807, 2.05) is 6.07 Å². The average Bonchev–Trinajstić information content (AvgIpc) is 3.99. The van der Waals surface area contributed by atoms with Gasteiger partial charge in [-0.3, -0.25) is 19.1 Å². The predicted molar refractivity (Wildman–Crippen MR) is 186 cm³/mol. The molecule has 2 saturated carbocycles. The van der Waals surface area contributed by atoms with Gasteiger partial charge >= 0.3 is 6.09 Å². The SMILES string of the molecule is C=C[C@H]1C[C@@]1(NC(=O)[C@H]1C[C@@H](Oc2nccc3cc(OC)ccc23)CN1C(=O)[C@@H](NC(=O)OC(C)(C)C)[C@H](C)OCC)C(=O)NS(=O)(=O)C1CC1. The van der Waals surface area contributed by atoms with Crippen LogP contribution in [0.1, 0.15) is 60.3 Å². The van der Waals surface area contributed by atoms with E-state index in [1.54, 1.807) is 66.1 Å². The molecule has 1 aliphatic heterocycles. The highest BCUT2D eigenvalue weighted by Gasteiger charge is 2.62. The van der Waals surface area contributed by atoms with Crippen LogP contribution in [0.2, 0.25) is 0 Å². The number of benzene rings is 1. The number of rotatable bonds is 14. The number of sulfonamides is 1. The van der Waals surface area contributed by atoms with E-state index in [1.165, 1.54) is 11.0 Å². The van der Waals surface area contributed by atoms with Crippen molar-refractivity contribution in [2.75, 3.05) is 20.3 Å². The molecule has 1 aromatic heterocycles. The Balaban J connectivity index is 1.44. The lowest BCUT2D eigenvalue weighted by Gasteiger charge is -2.32. The van der Waals surface area contributed by atoms with Gasteiger partial charge in [0.1, 0.15) is 35.1 Å². The van der Waals surface area contributed by atoms with Gasteiger partial charge in [-0.2, -0.15) is 0 Å². The first kappa shape index (κ1) is 37.8. The summed E-state index contributed by atoms with van der Waals surface area (Å²) < 4.78 is 50.3. The molecule has 2 aromatic rings. The van der Waals surface area contributed by atoms with Crippen molar-refractivity contribution in [3.63, 3.8) is 0 Å². The topological polar surface area (TPSA) is 192 Å². The van der Waals surface area contributed by atoms with Gasteiger partial charge < -0.3 is 34.5 Å². The smallest absolute Gasteiger partial charge is 0.408 e. The van der Waals surface area contributed by atoms with Crippen molar-refractivity contribution in [3.05, 3.63) is 43.1 Å². The monoisotopic (exact) mass is 729 g/mol. The Morgan fingerprint density at radius 2 is 1.90 bits per heavy atom. The second-order valence-corrected chi connectivity index (χ2v) is 16.1. The van der Waals surface area contributed by atoms with Crippen molar-refractivity contribution < 1.29 is 46.5 Å². The van der Waals surface area contributed by atoms with Gasteiger partial charge in [-0.25, -0.2) is 18.2 Å². The lowest BCUT2D eigenvalue weighted by molar-refractivity contribution is -0.143. The van der Waals surface area contributed by atoms with Crippen molar-refractivity contribution in [2.24, 2.45) is 5.92 Å². The number of nitrogens with zero attached hydrogens (tertiary/aromatic N) is 2. The van der Waals surface area contributed by atoms with Crippen LogP contribution in [0.15, 0.2) is 43.1 Å². The maximum absolute atomic E-state index is 14.4. The van der Waals surface area contributed by atoms with Crippen LogP contribution in [-0.2, 0) is 33.9 Å². The molecule has 3 fully saturated rings. The van der Waals surface area contributed by atoms with E-state index in [0.29, 0.717) is 24.0 Å². The number of aromatic nitrogens is 1. The van der Waals surface area contributed by atoms with Crippen LogP contribution >= 0.6 is 0 Å². The highest BCUT2D eigenvalue weighted by atomic mass is 32.2. The zero-order valence-corrected chi connectivity index (χ0v) is 30.6. The van der Waals surface area contributed by atoms with Gasteiger partial charge in [0.15, 0.2) is 0 Å². The third-order valence-electron chi connectivity index (χ3n) is 9.15. The standard InChI is InChI=1S/C35H47N5O10S/c1-8-22-18-35(22,32(43)39-51(45,46)25-11-12-25)38-29(41)27-17-24(49-30-26-13-10-23(47-7)16-21(26)14-15-36-30)19-40(27)31(42)28(20(3)48-9-2)37-33(44)50-34(4,5)6/h8,10,13-16,20,22,24-25,27-28H,1,9,11-12,17-19H2,2-7H3,(H,37,44)(H,38,41)(H,39,43)/t20-,22-,24+,27+,28-,35-/m0/s1. The number of nitrogens with one attached hydrogen (secondary N) is 3.